The summed E-state index contributed by atoms with van der Waals surface area (Å²) in [6.45, 7) is 0.805. The average Bonchev–Trinajstić information content (AvgIpc) is 2.90. The zero-order valence-electron chi connectivity index (χ0n) is 10.4. The monoisotopic (exact) mass is 266 g/mol. The number of hydrogen-bond donors (Lipinski definition) is 2. The lowest BCUT2D eigenvalue weighted by atomic mass is 10.0. The van der Waals surface area contributed by atoms with E-state index in [0.717, 1.165) is 18.2 Å². The summed E-state index contributed by atoms with van der Waals surface area (Å²) in [7, 11) is 0. The molecule has 1 atom stereocenters. The van der Waals surface area contributed by atoms with Gasteiger partial charge in [0.15, 0.2) is 11.6 Å². The summed E-state index contributed by atoms with van der Waals surface area (Å²) in [5.41, 5.74) is 6.55. The molecule has 1 heterocycles. The van der Waals surface area contributed by atoms with Crippen LogP contribution in [0.4, 0.5) is 8.78 Å². The van der Waals surface area contributed by atoms with Gasteiger partial charge in [-0.15, -0.1) is 0 Å². The third kappa shape index (κ3) is 3.54. The average molecular weight is 266 g/mol. The van der Waals surface area contributed by atoms with Gasteiger partial charge in [0.2, 0.25) is 0 Å². The van der Waals surface area contributed by atoms with Gasteiger partial charge in [0.1, 0.15) is 5.82 Å². The maximum absolute atomic E-state index is 13.4. The highest BCUT2D eigenvalue weighted by Gasteiger charge is 2.14. The Hall–Kier alpha value is -1.88. The van der Waals surface area contributed by atoms with E-state index in [-0.39, 0.29) is 11.7 Å². The number of nitrogens with one attached hydrogen (secondary N) is 1. The van der Waals surface area contributed by atoms with Gasteiger partial charge in [0, 0.05) is 23.9 Å². The van der Waals surface area contributed by atoms with E-state index in [1.54, 1.807) is 0 Å². The molecule has 1 aromatic heterocycles. The molecule has 19 heavy (non-hydrogen) atoms. The van der Waals surface area contributed by atoms with Crippen LogP contribution in [0.1, 0.15) is 18.0 Å². The molecule has 0 bridgehead atoms. The molecule has 0 aliphatic heterocycles. The second-order valence-corrected chi connectivity index (χ2v) is 4.29. The molecular weight excluding hydrogens is 250 g/mol. The number of benzene rings is 1. The van der Waals surface area contributed by atoms with E-state index in [1.165, 1.54) is 12.1 Å². The topological polar surface area (TPSA) is 51.0 Å². The van der Waals surface area contributed by atoms with Gasteiger partial charge in [-0.25, -0.2) is 8.78 Å². The Balaban J connectivity index is 2.02. The number of H-pyrrole nitrogens is 1. The predicted octanol–water partition coefficient (Wildman–Crippen LogP) is 2.80. The maximum Gasteiger partial charge on any atom is 0.167 e. The molecule has 0 saturated carbocycles. The Labute approximate surface area is 110 Å². The molecule has 0 fully saturated rings. The van der Waals surface area contributed by atoms with Crippen LogP contribution in [0.5, 0.6) is 5.75 Å². The van der Waals surface area contributed by atoms with Gasteiger partial charge in [-0.1, -0.05) is 0 Å². The normalized spacial score (nSPS) is 12.4. The highest BCUT2D eigenvalue weighted by atomic mass is 19.1. The third-order valence-electron chi connectivity index (χ3n) is 2.91. The first-order chi connectivity index (χ1) is 9.20. The minimum absolute atomic E-state index is 0.0509. The summed E-state index contributed by atoms with van der Waals surface area (Å²) >= 11 is 0. The van der Waals surface area contributed by atoms with Crippen molar-refractivity contribution in [3.63, 3.8) is 0 Å². The molecule has 0 saturated heterocycles. The Morgan fingerprint density at radius 2 is 2.11 bits per heavy atom. The van der Waals surface area contributed by atoms with Gasteiger partial charge >= 0.3 is 0 Å². The molecule has 2 aromatic rings. The fraction of sp³-hybridized carbons (Fsp3) is 0.286. The molecule has 3 N–H and O–H groups in total. The lowest BCUT2D eigenvalue weighted by Crippen LogP contribution is -2.15. The van der Waals surface area contributed by atoms with Crippen molar-refractivity contribution in [2.45, 2.75) is 12.3 Å². The Morgan fingerprint density at radius 3 is 2.74 bits per heavy atom. The summed E-state index contributed by atoms with van der Waals surface area (Å²) < 4.78 is 31.6. The van der Waals surface area contributed by atoms with Crippen molar-refractivity contribution in [2.75, 3.05) is 13.2 Å². The van der Waals surface area contributed by atoms with Crippen molar-refractivity contribution in [3.05, 3.63) is 53.9 Å². The summed E-state index contributed by atoms with van der Waals surface area (Å²) in [6, 6.07) is 7.09. The molecule has 102 valence electrons. The molecule has 0 amide bonds. The Kier molecular flexibility index (Phi) is 4.52. The van der Waals surface area contributed by atoms with Crippen LogP contribution in [-0.2, 0) is 0 Å². The van der Waals surface area contributed by atoms with Crippen LogP contribution in [-0.4, -0.2) is 18.1 Å². The molecule has 2 rings (SSSR count). The second-order valence-electron chi connectivity index (χ2n) is 4.29. The summed E-state index contributed by atoms with van der Waals surface area (Å²) in [4.78, 5) is 3.09. The van der Waals surface area contributed by atoms with E-state index in [9.17, 15) is 8.78 Å². The van der Waals surface area contributed by atoms with Gasteiger partial charge in [-0.05, 0) is 37.2 Å². The first-order valence-corrected chi connectivity index (χ1v) is 6.12. The number of nitrogens with two attached hydrogens (primary N) is 1. The van der Waals surface area contributed by atoms with Crippen LogP contribution >= 0.6 is 0 Å². The molecule has 1 aromatic carbocycles. The third-order valence-corrected chi connectivity index (χ3v) is 2.91. The van der Waals surface area contributed by atoms with Crippen LogP contribution in [0, 0.1) is 11.6 Å². The number of aromatic amines is 1. The number of hydrogen-bond acceptors (Lipinski definition) is 2. The molecule has 0 aliphatic rings. The molecular formula is C14H16F2N2O. The van der Waals surface area contributed by atoms with Crippen molar-refractivity contribution < 1.29 is 13.5 Å². The predicted molar refractivity (Wildman–Crippen MR) is 69.1 cm³/mol. The van der Waals surface area contributed by atoms with E-state index in [0.29, 0.717) is 13.2 Å². The largest absolute Gasteiger partial charge is 0.490 e. The van der Waals surface area contributed by atoms with E-state index in [4.69, 9.17) is 10.5 Å². The number of halogens is 2. The van der Waals surface area contributed by atoms with E-state index in [1.807, 2.05) is 18.3 Å². The van der Waals surface area contributed by atoms with Gasteiger partial charge in [-0.3, -0.25) is 0 Å². The fourth-order valence-corrected chi connectivity index (χ4v) is 1.91. The van der Waals surface area contributed by atoms with Crippen molar-refractivity contribution in [1.82, 2.24) is 4.98 Å². The SMILES string of the molecule is NCCC(COc1ccc(F)cc1F)c1ccc[nH]1. The lowest BCUT2D eigenvalue weighted by Gasteiger charge is -2.16. The number of ether oxygens (including phenoxy) is 1. The van der Waals surface area contributed by atoms with Crippen molar-refractivity contribution in [3.8, 4) is 5.75 Å². The molecule has 1 unspecified atom stereocenters. The highest BCUT2D eigenvalue weighted by molar-refractivity contribution is 5.25. The van der Waals surface area contributed by atoms with Gasteiger partial charge in [0.05, 0.1) is 6.61 Å². The first-order valence-electron chi connectivity index (χ1n) is 6.12. The van der Waals surface area contributed by atoms with Crippen LogP contribution in [0.2, 0.25) is 0 Å². The summed E-state index contributed by atoms with van der Waals surface area (Å²) in [5, 5.41) is 0. The minimum atomic E-state index is -0.696. The number of rotatable bonds is 6. The van der Waals surface area contributed by atoms with Crippen molar-refractivity contribution in [2.24, 2.45) is 5.73 Å². The number of aromatic nitrogens is 1. The highest BCUT2D eigenvalue weighted by Crippen LogP contribution is 2.22. The molecule has 0 radical (unpaired) electrons. The fourth-order valence-electron chi connectivity index (χ4n) is 1.91. The zero-order chi connectivity index (χ0) is 13.7. The van der Waals surface area contributed by atoms with Gasteiger partial charge in [-0.2, -0.15) is 0 Å². The molecule has 3 nitrogen and oxygen atoms in total. The van der Waals surface area contributed by atoms with Crippen LogP contribution in [0.15, 0.2) is 36.5 Å². The van der Waals surface area contributed by atoms with Crippen LogP contribution in [0.3, 0.4) is 0 Å². The zero-order valence-corrected chi connectivity index (χ0v) is 10.4. The standard InChI is InChI=1S/C14H16F2N2O/c15-11-3-4-14(12(16)8-11)19-9-10(5-6-17)13-2-1-7-18-13/h1-4,7-8,10,18H,5-6,9,17H2. The quantitative estimate of drug-likeness (QED) is 0.844. The van der Waals surface area contributed by atoms with Gasteiger partial charge < -0.3 is 15.5 Å². The van der Waals surface area contributed by atoms with E-state index in [2.05, 4.69) is 4.98 Å². The minimum Gasteiger partial charge on any atom is -0.490 e. The van der Waals surface area contributed by atoms with E-state index >= 15 is 0 Å². The molecule has 0 aliphatic carbocycles. The first kappa shape index (κ1) is 13.5. The Bertz CT molecular complexity index is 514. The van der Waals surface area contributed by atoms with Crippen molar-refractivity contribution in [1.29, 1.82) is 0 Å². The summed E-state index contributed by atoms with van der Waals surface area (Å²) in [5.74, 6) is -1.20. The van der Waals surface area contributed by atoms with E-state index < -0.39 is 11.6 Å². The van der Waals surface area contributed by atoms with Crippen LogP contribution in [0.25, 0.3) is 0 Å². The second kappa shape index (κ2) is 6.33. The Morgan fingerprint density at radius 1 is 1.26 bits per heavy atom. The van der Waals surface area contributed by atoms with Crippen LogP contribution < -0.4 is 10.5 Å². The van der Waals surface area contributed by atoms with Crippen molar-refractivity contribution >= 4 is 0 Å². The lowest BCUT2D eigenvalue weighted by molar-refractivity contribution is 0.268. The smallest absolute Gasteiger partial charge is 0.167 e. The maximum atomic E-state index is 13.4. The molecule has 0 spiro atoms. The summed E-state index contributed by atoms with van der Waals surface area (Å²) in [6.07, 6.45) is 2.54. The molecule has 5 heteroatoms. The van der Waals surface area contributed by atoms with Gasteiger partial charge in [0.25, 0.3) is 0 Å².